The summed E-state index contributed by atoms with van der Waals surface area (Å²) in [6, 6.07) is 0. The average molecular weight is 312 g/mol. The number of methoxy groups -OCH3 is 1. The molecule has 0 aliphatic rings. The molecule has 0 radical (unpaired) electrons. The fourth-order valence-electron chi connectivity index (χ4n) is 1.25. The summed E-state index contributed by atoms with van der Waals surface area (Å²) in [6.07, 6.45) is -2.26. The van der Waals surface area contributed by atoms with Crippen molar-refractivity contribution in [1.82, 2.24) is 4.98 Å². The van der Waals surface area contributed by atoms with Crippen molar-refractivity contribution in [1.29, 1.82) is 0 Å². The first-order chi connectivity index (χ1) is 8.01. The lowest BCUT2D eigenvalue weighted by molar-refractivity contribution is -0.139. The zero-order chi connectivity index (χ0) is 13.0. The van der Waals surface area contributed by atoms with Crippen LogP contribution in [0.1, 0.15) is 23.2 Å². The summed E-state index contributed by atoms with van der Waals surface area (Å²) in [5, 5.41) is -0.0967. The van der Waals surface area contributed by atoms with Crippen LogP contribution < -0.4 is 0 Å². The Balaban J connectivity index is 3.15. The second kappa shape index (κ2) is 6.00. The van der Waals surface area contributed by atoms with Crippen LogP contribution in [0.25, 0.3) is 0 Å². The summed E-state index contributed by atoms with van der Waals surface area (Å²) in [6.45, 7) is 0. The summed E-state index contributed by atoms with van der Waals surface area (Å²) in [5.74, 6) is -1.51. The Bertz CT molecular complexity index is 426. The number of pyridine rings is 1. The SMILES string of the molecule is COC(=O)Cc1cnc(C(F)F)c(CBr)c1F. The number of alkyl halides is 3. The van der Waals surface area contributed by atoms with E-state index in [1.54, 1.807) is 0 Å². The van der Waals surface area contributed by atoms with Gasteiger partial charge in [0.1, 0.15) is 11.5 Å². The molecule has 0 aromatic carbocycles. The Morgan fingerprint density at radius 3 is 2.71 bits per heavy atom. The van der Waals surface area contributed by atoms with Gasteiger partial charge in [-0.15, -0.1) is 0 Å². The van der Waals surface area contributed by atoms with Crippen molar-refractivity contribution in [3.8, 4) is 0 Å². The number of nitrogens with zero attached hydrogens (tertiary/aromatic N) is 1. The van der Waals surface area contributed by atoms with E-state index in [0.717, 1.165) is 13.3 Å². The number of halogens is 4. The number of rotatable bonds is 4. The Hall–Kier alpha value is -1.11. The predicted octanol–water partition coefficient (Wildman–Crippen LogP) is 2.77. The molecule has 0 fully saturated rings. The highest BCUT2D eigenvalue weighted by molar-refractivity contribution is 9.08. The second-order valence-electron chi connectivity index (χ2n) is 3.15. The first kappa shape index (κ1) is 14.0. The van der Waals surface area contributed by atoms with Crippen LogP contribution in [0, 0.1) is 5.82 Å². The zero-order valence-corrected chi connectivity index (χ0v) is 10.4. The van der Waals surface area contributed by atoms with Crippen molar-refractivity contribution in [2.24, 2.45) is 0 Å². The molecule has 1 heterocycles. The van der Waals surface area contributed by atoms with E-state index in [9.17, 15) is 18.0 Å². The molecule has 0 spiro atoms. The van der Waals surface area contributed by atoms with Crippen molar-refractivity contribution >= 4 is 21.9 Å². The molecule has 0 bridgehead atoms. The van der Waals surface area contributed by atoms with Crippen LogP contribution in [-0.4, -0.2) is 18.1 Å². The van der Waals surface area contributed by atoms with E-state index in [0.29, 0.717) is 0 Å². The highest BCUT2D eigenvalue weighted by atomic mass is 79.9. The Morgan fingerprint density at radius 2 is 2.24 bits per heavy atom. The van der Waals surface area contributed by atoms with Gasteiger partial charge in [0, 0.05) is 22.7 Å². The summed E-state index contributed by atoms with van der Waals surface area (Å²) in [5.41, 5.74) is -0.912. The highest BCUT2D eigenvalue weighted by Crippen LogP contribution is 2.26. The molecule has 0 saturated carbocycles. The standard InChI is InChI=1S/C10H9BrF3NO2/c1-17-7(16)2-5-4-15-9(10(13)14)6(3-11)8(5)12/h4,10H,2-3H2,1H3. The number of hydrogen-bond acceptors (Lipinski definition) is 3. The van der Waals surface area contributed by atoms with Gasteiger partial charge in [0.15, 0.2) is 0 Å². The molecular weight excluding hydrogens is 303 g/mol. The number of carbonyl (C=O) groups is 1. The Labute approximate surface area is 104 Å². The Kier molecular flexibility index (Phi) is 4.92. The molecule has 0 atom stereocenters. The van der Waals surface area contributed by atoms with E-state index in [2.05, 4.69) is 25.7 Å². The number of aromatic nitrogens is 1. The predicted molar refractivity (Wildman–Crippen MR) is 57.5 cm³/mol. The summed E-state index contributed by atoms with van der Waals surface area (Å²) < 4.78 is 43.2. The van der Waals surface area contributed by atoms with Gasteiger partial charge in [-0.1, -0.05) is 15.9 Å². The summed E-state index contributed by atoms with van der Waals surface area (Å²) in [4.78, 5) is 14.4. The third-order valence-corrected chi connectivity index (χ3v) is 2.68. The normalized spacial score (nSPS) is 10.7. The zero-order valence-electron chi connectivity index (χ0n) is 8.84. The fraction of sp³-hybridized carbons (Fsp3) is 0.400. The molecule has 94 valence electrons. The van der Waals surface area contributed by atoms with E-state index >= 15 is 0 Å². The quantitative estimate of drug-likeness (QED) is 0.634. The van der Waals surface area contributed by atoms with Crippen LogP contribution in [0.3, 0.4) is 0 Å². The highest BCUT2D eigenvalue weighted by Gasteiger charge is 2.21. The van der Waals surface area contributed by atoms with Gasteiger partial charge in [0.2, 0.25) is 0 Å². The minimum Gasteiger partial charge on any atom is -0.469 e. The molecule has 0 amide bonds. The molecule has 1 rings (SSSR count). The molecule has 1 aromatic heterocycles. The number of ether oxygens (including phenoxy) is 1. The molecule has 7 heteroatoms. The maximum atomic E-state index is 13.8. The van der Waals surface area contributed by atoms with Crippen LogP contribution in [0.5, 0.6) is 0 Å². The molecule has 17 heavy (non-hydrogen) atoms. The van der Waals surface area contributed by atoms with Gasteiger partial charge in [-0.3, -0.25) is 9.78 Å². The lowest BCUT2D eigenvalue weighted by atomic mass is 10.1. The lowest BCUT2D eigenvalue weighted by Crippen LogP contribution is -2.10. The molecule has 0 aliphatic carbocycles. The molecule has 0 saturated heterocycles. The van der Waals surface area contributed by atoms with E-state index < -0.39 is 23.9 Å². The maximum absolute atomic E-state index is 13.8. The van der Waals surface area contributed by atoms with E-state index in [1.807, 2.05) is 0 Å². The van der Waals surface area contributed by atoms with Crippen molar-refractivity contribution in [2.75, 3.05) is 7.11 Å². The smallest absolute Gasteiger partial charge is 0.310 e. The number of esters is 1. The third-order valence-electron chi connectivity index (χ3n) is 2.12. The minimum atomic E-state index is -2.86. The van der Waals surface area contributed by atoms with Crippen molar-refractivity contribution in [3.63, 3.8) is 0 Å². The summed E-state index contributed by atoms with van der Waals surface area (Å²) >= 11 is 2.92. The van der Waals surface area contributed by atoms with Crippen LogP contribution in [0.2, 0.25) is 0 Å². The molecule has 0 N–H and O–H groups in total. The van der Waals surface area contributed by atoms with Crippen LogP contribution >= 0.6 is 15.9 Å². The molecule has 0 aliphatic heterocycles. The number of carbonyl (C=O) groups excluding carboxylic acids is 1. The third kappa shape index (κ3) is 3.18. The molecule has 3 nitrogen and oxygen atoms in total. The average Bonchev–Trinajstić information content (AvgIpc) is 2.30. The van der Waals surface area contributed by atoms with E-state index in [4.69, 9.17) is 0 Å². The van der Waals surface area contributed by atoms with Crippen molar-refractivity contribution in [3.05, 3.63) is 28.8 Å². The fourth-order valence-corrected chi connectivity index (χ4v) is 1.79. The first-order valence-electron chi connectivity index (χ1n) is 4.58. The van der Waals surface area contributed by atoms with E-state index in [-0.39, 0.29) is 22.9 Å². The van der Waals surface area contributed by atoms with Gasteiger partial charge in [-0.25, -0.2) is 13.2 Å². The van der Waals surface area contributed by atoms with Gasteiger partial charge in [-0.05, 0) is 0 Å². The van der Waals surface area contributed by atoms with E-state index in [1.165, 1.54) is 0 Å². The summed E-state index contributed by atoms with van der Waals surface area (Å²) in [7, 11) is 1.16. The Morgan fingerprint density at radius 1 is 1.59 bits per heavy atom. The maximum Gasteiger partial charge on any atom is 0.310 e. The molecule has 1 aromatic rings. The van der Waals surface area contributed by atoms with Gasteiger partial charge < -0.3 is 4.74 Å². The lowest BCUT2D eigenvalue weighted by Gasteiger charge is -2.10. The molecular formula is C10H9BrF3NO2. The van der Waals surface area contributed by atoms with Crippen molar-refractivity contribution < 1.29 is 22.7 Å². The van der Waals surface area contributed by atoms with Gasteiger partial charge >= 0.3 is 5.97 Å². The number of hydrogen-bond donors (Lipinski definition) is 0. The monoisotopic (exact) mass is 311 g/mol. The van der Waals surface area contributed by atoms with Crippen LogP contribution in [-0.2, 0) is 21.3 Å². The van der Waals surface area contributed by atoms with Gasteiger partial charge in [-0.2, -0.15) is 0 Å². The minimum absolute atomic E-state index is 0.0595. The van der Waals surface area contributed by atoms with Gasteiger partial charge in [0.05, 0.1) is 13.5 Å². The van der Waals surface area contributed by atoms with Crippen LogP contribution in [0.4, 0.5) is 13.2 Å². The van der Waals surface area contributed by atoms with Gasteiger partial charge in [0.25, 0.3) is 6.43 Å². The topological polar surface area (TPSA) is 39.2 Å². The largest absolute Gasteiger partial charge is 0.469 e. The molecule has 0 unspecified atom stereocenters. The first-order valence-corrected chi connectivity index (χ1v) is 5.70. The van der Waals surface area contributed by atoms with Crippen LogP contribution in [0.15, 0.2) is 6.20 Å². The second-order valence-corrected chi connectivity index (χ2v) is 3.71. The van der Waals surface area contributed by atoms with Crippen molar-refractivity contribution in [2.45, 2.75) is 18.2 Å².